The largest absolute Gasteiger partial charge is 0.398 e. The first-order valence-electron chi connectivity index (χ1n) is 3.94. The summed E-state index contributed by atoms with van der Waals surface area (Å²) in [6.45, 7) is 1.90. The number of aryl methyl sites for hydroxylation is 2. The summed E-state index contributed by atoms with van der Waals surface area (Å²) in [5, 5.41) is 4.80. The molecule has 2 aromatic heterocycles. The second-order valence-electron chi connectivity index (χ2n) is 3.06. The molecule has 2 heterocycles. The standard InChI is InChI=1S/C8H11N5/c1-4-3-11-8-5(6(4)9)7(10)12-13(8)2/h3H,1-2H3,(H2,9,11)(H2,10,12). The second-order valence-corrected chi connectivity index (χ2v) is 3.06. The predicted octanol–water partition coefficient (Wildman–Crippen LogP) is 0.441. The lowest BCUT2D eigenvalue weighted by atomic mass is 10.2. The van der Waals surface area contributed by atoms with Crippen molar-refractivity contribution >= 4 is 22.5 Å². The van der Waals surface area contributed by atoms with Gasteiger partial charge in [-0.1, -0.05) is 0 Å². The van der Waals surface area contributed by atoms with Crippen molar-refractivity contribution in [1.29, 1.82) is 0 Å². The molecule has 0 aromatic carbocycles. The summed E-state index contributed by atoms with van der Waals surface area (Å²) in [5.41, 5.74) is 13.9. The van der Waals surface area contributed by atoms with E-state index in [1.807, 2.05) is 6.92 Å². The molecule has 0 spiro atoms. The molecule has 2 rings (SSSR count). The van der Waals surface area contributed by atoms with Gasteiger partial charge in [0.1, 0.15) is 0 Å². The van der Waals surface area contributed by atoms with Gasteiger partial charge in [-0.05, 0) is 12.5 Å². The van der Waals surface area contributed by atoms with Crippen LogP contribution in [0, 0.1) is 6.92 Å². The molecule has 0 aliphatic carbocycles. The molecule has 0 aliphatic rings. The van der Waals surface area contributed by atoms with Gasteiger partial charge in [-0.2, -0.15) is 5.10 Å². The van der Waals surface area contributed by atoms with Crippen LogP contribution >= 0.6 is 0 Å². The summed E-state index contributed by atoms with van der Waals surface area (Å²) in [4.78, 5) is 4.20. The van der Waals surface area contributed by atoms with Crippen LogP contribution in [0.2, 0.25) is 0 Å². The SMILES string of the molecule is Cc1cnc2c(c(N)nn2C)c1N. The molecule has 0 fully saturated rings. The first-order chi connectivity index (χ1) is 6.11. The third-order valence-corrected chi connectivity index (χ3v) is 2.12. The maximum Gasteiger partial charge on any atom is 0.161 e. The maximum absolute atomic E-state index is 5.86. The molecule has 68 valence electrons. The zero-order chi connectivity index (χ0) is 9.59. The summed E-state index contributed by atoms with van der Waals surface area (Å²) in [7, 11) is 1.79. The van der Waals surface area contributed by atoms with Crippen LogP contribution in [0.3, 0.4) is 0 Å². The molecule has 0 radical (unpaired) electrons. The zero-order valence-electron chi connectivity index (χ0n) is 7.57. The Hall–Kier alpha value is -1.78. The molecule has 2 aromatic rings. The quantitative estimate of drug-likeness (QED) is 0.611. The van der Waals surface area contributed by atoms with E-state index in [1.54, 1.807) is 17.9 Å². The molecule has 0 bridgehead atoms. The molecule has 4 N–H and O–H groups in total. The van der Waals surface area contributed by atoms with Crippen LogP contribution in [-0.4, -0.2) is 14.8 Å². The predicted molar refractivity (Wildman–Crippen MR) is 52.1 cm³/mol. The fourth-order valence-corrected chi connectivity index (χ4v) is 1.37. The normalized spacial score (nSPS) is 10.9. The highest BCUT2D eigenvalue weighted by atomic mass is 15.3. The first kappa shape index (κ1) is 7.85. The number of hydrogen-bond donors (Lipinski definition) is 2. The fourth-order valence-electron chi connectivity index (χ4n) is 1.37. The molecular formula is C8H11N5. The van der Waals surface area contributed by atoms with E-state index in [9.17, 15) is 0 Å². The molecule has 0 saturated carbocycles. The Labute approximate surface area is 75.3 Å². The van der Waals surface area contributed by atoms with Crippen LogP contribution in [0.4, 0.5) is 11.5 Å². The van der Waals surface area contributed by atoms with Crippen molar-refractivity contribution in [2.24, 2.45) is 7.05 Å². The average Bonchev–Trinajstić information content (AvgIpc) is 2.35. The van der Waals surface area contributed by atoms with E-state index < -0.39 is 0 Å². The third kappa shape index (κ3) is 0.932. The minimum absolute atomic E-state index is 0.436. The van der Waals surface area contributed by atoms with Crippen LogP contribution in [-0.2, 0) is 7.05 Å². The third-order valence-electron chi connectivity index (χ3n) is 2.12. The molecule has 0 unspecified atom stereocenters. The fraction of sp³-hybridized carbons (Fsp3) is 0.250. The number of nitrogens with two attached hydrogens (primary N) is 2. The molecular weight excluding hydrogens is 166 g/mol. The van der Waals surface area contributed by atoms with E-state index in [1.165, 1.54) is 0 Å². The van der Waals surface area contributed by atoms with E-state index in [0.717, 1.165) is 16.6 Å². The molecule has 0 aliphatic heterocycles. The van der Waals surface area contributed by atoms with E-state index >= 15 is 0 Å². The van der Waals surface area contributed by atoms with E-state index in [0.29, 0.717) is 11.5 Å². The van der Waals surface area contributed by atoms with Crippen molar-refractivity contribution < 1.29 is 0 Å². The van der Waals surface area contributed by atoms with Gasteiger partial charge in [0, 0.05) is 13.2 Å². The van der Waals surface area contributed by atoms with Gasteiger partial charge in [-0.25, -0.2) is 9.67 Å². The molecule has 5 heteroatoms. The van der Waals surface area contributed by atoms with Gasteiger partial charge >= 0.3 is 0 Å². The van der Waals surface area contributed by atoms with E-state index in [4.69, 9.17) is 11.5 Å². The minimum atomic E-state index is 0.436. The maximum atomic E-state index is 5.86. The molecule has 5 nitrogen and oxygen atoms in total. The number of aromatic nitrogens is 3. The van der Waals surface area contributed by atoms with Gasteiger partial charge < -0.3 is 11.5 Å². The van der Waals surface area contributed by atoms with E-state index in [-0.39, 0.29) is 0 Å². The van der Waals surface area contributed by atoms with Crippen LogP contribution < -0.4 is 11.5 Å². The lowest BCUT2D eigenvalue weighted by Crippen LogP contribution is -1.95. The highest BCUT2D eigenvalue weighted by Gasteiger charge is 2.11. The zero-order valence-corrected chi connectivity index (χ0v) is 7.57. The highest BCUT2D eigenvalue weighted by Crippen LogP contribution is 2.26. The van der Waals surface area contributed by atoms with Gasteiger partial charge in [0.15, 0.2) is 11.5 Å². The average molecular weight is 177 g/mol. The number of nitrogen functional groups attached to an aromatic ring is 2. The van der Waals surface area contributed by atoms with Gasteiger partial charge in [-0.15, -0.1) is 0 Å². The number of pyridine rings is 1. The first-order valence-corrected chi connectivity index (χ1v) is 3.94. The Morgan fingerprint density at radius 1 is 1.38 bits per heavy atom. The number of fused-ring (bicyclic) bond motifs is 1. The van der Waals surface area contributed by atoms with Crippen molar-refractivity contribution in [3.05, 3.63) is 11.8 Å². The monoisotopic (exact) mass is 177 g/mol. The van der Waals surface area contributed by atoms with Crippen molar-refractivity contribution in [3.63, 3.8) is 0 Å². The summed E-state index contributed by atoms with van der Waals surface area (Å²) in [6, 6.07) is 0. The summed E-state index contributed by atoms with van der Waals surface area (Å²) in [5.74, 6) is 0.436. The van der Waals surface area contributed by atoms with E-state index in [2.05, 4.69) is 10.1 Å². The minimum Gasteiger partial charge on any atom is -0.398 e. The Bertz CT molecular complexity index is 471. The lowest BCUT2D eigenvalue weighted by molar-refractivity contribution is 0.791. The van der Waals surface area contributed by atoms with Crippen LogP contribution in [0.5, 0.6) is 0 Å². The highest BCUT2D eigenvalue weighted by molar-refractivity contribution is 5.97. The number of hydrogen-bond acceptors (Lipinski definition) is 4. The van der Waals surface area contributed by atoms with Crippen molar-refractivity contribution in [2.75, 3.05) is 11.5 Å². The second kappa shape index (κ2) is 2.35. The number of nitrogens with zero attached hydrogens (tertiary/aromatic N) is 3. The van der Waals surface area contributed by atoms with Crippen LogP contribution in [0.15, 0.2) is 6.20 Å². The lowest BCUT2D eigenvalue weighted by Gasteiger charge is -2.00. The Balaban J connectivity index is 2.98. The Morgan fingerprint density at radius 3 is 2.77 bits per heavy atom. The summed E-state index contributed by atoms with van der Waals surface area (Å²) < 4.78 is 1.63. The van der Waals surface area contributed by atoms with Crippen LogP contribution in [0.1, 0.15) is 5.56 Å². The number of anilines is 2. The Kier molecular flexibility index (Phi) is 1.42. The van der Waals surface area contributed by atoms with Gasteiger partial charge in [0.25, 0.3) is 0 Å². The Morgan fingerprint density at radius 2 is 2.08 bits per heavy atom. The summed E-state index contributed by atoms with van der Waals surface area (Å²) >= 11 is 0. The van der Waals surface area contributed by atoms with Crippen molar-refractivity contribution in [2.45, 2.75) is 6.92 Å². The van der Waals surface area contributed by atoms with Crippen LogP contribution in [0.25, 0.3) is 11.0 Å². The van der Waals surface area contributed by atoms with Crippen molar-refractivity contribution in [3.8, 4) is 0 Å². The molecule has 13 heavy (non-hydrogen) atoms. The topological polar surface area (TPSA) is 82.8 Å². The number of rotatable bonds is 0. The van der Waals surface area contributed by atoms with Gasteiger partial charge in [0.05, 0.1) is 11.1 Å². The molecule has 0 saturated heterocycles. The molecule has 0 atom stereocenters. The smallest absolute Gasteiger partial charge is 0.161 e. The van der Waals surface area contributed by atoms with Gasteiger partial charge in [0.2, 0.25) is 0 Å². The van der Waals surface area contributed by atoms with Gasteiger partial charge in [-0.3, -0.25) is 0 Å². The van der Waals surface area contributed by atoms with Crippen molar-refractivity contribution in [1.82, 2.24) is 14.8 Å². The summed E-state index contributed by atoms with van der Waals surface area (Å²) in [6.07, 6.45) is 1.72. The molecule has 0 amide bonds.